The first-order valence-electron chi connectivity index (χ1n) is 10.4. The number of ether oxygens (including phenoxy) is 1. The SMILES string of the molecule is CCCCCCN(CC)C1CCc2cc(Oc3ccc(C(N)=O)cn3)ccc21. The first-order chi connectivity index (χ1) is 13.6. The highest BCUT2D eigenvalue weighted by Crippen LogP contribution is 2.38. The highest BCUT2D eigenvalue weighted by Gasteiger charge is 2.27. The van der Waals surface area contributed by atoms with Crippen LogP contribution in [0.4, 0.5) is 0 Å². The van der Waals surface area contributed by atoms with Crippen LogP contribution in [-0.2, 0) is 6.42 Å². The molecule has 5 heteroatoms. The van der Waals surface area contributed by atoms with E-state index in [-0.39, 0.29) is 0 Å². The quantitative estimate of drug-likeness (QED) is 0.597. The third kappa shape index (κ3) is 4.90. The molecular weight excluding hydrogens is 350 g/mol. The standard InChI is InChI=1S/C23H31N3O2/c1-3-5-6-7-14-26(4-2)21-12-8-17-15-19(10-11-20(17)21)28-22-13-9-18(16-25-22)23(24)27/h9-11,13,15-16,21H,3-8,12,14H2,1-2H3,(H2,24,27). The largest absolute Gasteiger partial charge is 0.439 e. The van der Waals surface area contributed by atoms with E-state index in [0.717, 1.165) is 18.7 Å². The van der Waals surface area contributed by atoms with E-state index < -0.39 is 5.91 Å². The summed E-state index contributed by atoms with van der Waals surface area (Å²) in [4.78, 5) is 17.9. The number of nitrogens with two attached hydrogens (primary N) is 1. The minimum Gasteiger partial charge on any atom is -0.439 e. The molecule has 0 fully saturated rings. The Kier molecular flexibility index (Phi) is 7.04. The Hall–Kier alpha value is -2.40. The fraction of sp³-hybridized carbons (Fsp3) is 0.478. The van der Waals surface area contributed by atoms with Crippen LogP contribution in [0.3, 0.4) is 0 Å². The molecule has 1 aromatic carbocycles. The Morgan fingerprint density at radius 1 is 1.21 bits per heavy atom. The zero-order valence-corrected chi connectivity index (χ0v) is 17.0. The van der Waals surface area contributed by atoms with Crippen LogP contribution in [0.25, 0.3) is 0 Å². The van der Waals surface area contributed by atoms with Crippen LogP contribution in [0.2, 0.25) is 0 Å². The molecule has 0 aliphatic heterocycles. The molecule has 0 saturated heterocycles. The van der Waals surface area contributed by atoms with Gasteiger partial charge in [-0.15, -0.1) is 0 Å². The lowest BCUT2D eigenvalue weighted by atomic mass is 10.1. The van der Waals surface area contributed by atoms with Gasteiger partial charge in [0.15, 0.2) is 0 Å². The summed E-state index contributed by atoms with van der Waals surface area (Å²) in [5, 5.41) is 0. The van der Waals surface area contributed by atoms with Gasteiger partial charge in [-0.1, -0.05) is 39.2 Å². The summed E-state index contributed by atoms with van der Waals surface area (Å²) in [6, 6.07) is 10.2. The van der Waals surface area contributed by atoms with Crippen molar-refractivity contribution in [3.8, 4) is 11.6 Å². The number of fused-ring (bicyclic) bond motifs is 1. The van der Waals surface area contributed by atoms with Crippen molar-refractivity contribution in [1.29, 1.82) is 0 Å². The number of pyridine rings is 1. The second-order valence-electron chi connectivity index (χ2n) is 7.46. The highest BCUT2D eigenvalue weighted by molar-refractivity contribution is 5.92. The molecule has 1 amide bonds. The number of benzene rings is 1. The number of nitrogens with zero attached hydrogens (tertiary/aromatic N) is 2. The van der Waals surface area contributed by atoms with Crippen molar-refractivity contribution in [3.05, 3.63) is 53.2 Å². The van der Waals surface area contributed by atoms with Crippen LogP contribution >= 0.6 is 0 Å². The second kappa shape index (κ2) is 9.69. The first-order valence-corrected chi connectivity index (χ1v) is 10.4. The minimum absolute atomic E-state index is 0.378. The molecule has 1 aromatic heterocycles. The van der Waals surface area contributed by atoms with Gasteiger partial charge < -0.3 is 10.5 Å². The van der Waals surface area contributed by atoms with E-state index in [9.17, 15) is 4.79 Å². The summed E-state index contributed by atoms with van der Waals surface area (Å²) >= 11 is 0. The molecule has 2 aromatic rings. The molecule has 2 N–H and O–H groups in total. The number of primary amides is 1. The summed E-state index contributed by atoms with van der Waals surface area (Å²) in [7, 11) is 0. The predicted octanol–water partition coefficient (Wildman–Crippen LogP) is 4.86. The number of carbonyl (C=O) groups excluding carboxylic acids is 1. The molecule has 1 aliphatic carbocycles. The van der Waals surface area contributed by atoms with Crippen molar-refractivity contribution in [2.45, 2.75) is 58.4 Å². The predicted molar refractivity (Wildman–Crippen MR) is 112 cm³/mol. The summed E-state index contributed by atoms with van der Waals surface area (Å²) in [5.74, 6) is 0.758. The third-order valence-corrected chi connectivity index (χ3v) is 5.55. The van der Waals surface area contributed by atoms with Crippen LogP contribution < -0.4 is 10.5 Å². The van der Waals surface area contributed by atoms with Crippen LogP contribution in [0.1, 0.15) is 73.5 Å². The highest BCUT2D eigenvalue weighted by atomic mass is 16.5. The molecule has 0 bridgehead atoms. The van der Waals surface area contributed by atoms with E-state index >= 15 is 0 Å². The summed E-state index contributed by atoms with van der Waals surface area (Å²) in [5.41, 5.74) is 8.42. The number of rotatable bonds is 10. The van der Waals surface area contributed by atoms with Crippen LogP contribution in [0.5, 0.6) is 11.6 Å². The van der Waals surface area contributed by atoms with Gasteiger partial charge in [0.05, 0.1) is 5.56 Å². The van der Waals surface area contributed by atoms with Crippen molar-refractivity contribution < 1.29 is 9.53 Å². The topological polar surface area (TPSA) is 68.5 Å². The maximum atomic E-state index is 11.1. The van der Waals surface area contributed by atoms with Gasteiger partial charge in [-0.25, -0.2) is 4.98 Å². The normalized spacial score (nSPS) is 15.6. The molecule has 0 saturated carbocycles. The number of unbranched alkanes of at least 4 members (excludes halogenated alkanes) is 3. The lowest BCUT2D eigenvalue weighted by Gasteiger charge is -2.28. The Labute approximate surface area is 167 Å². The van der Waals surface area contributed by atoms with Crippen LogP contribution in [-0.4, -0.2) is 28.9 Å². The number of amides is 1. The Bertz CT molecular complexity index is 789. The lowest BCUT2D eigenvalue weighted by Crippen LogP contribution is -2.28. The van der Waals surface area contributed by atoms with Crippen molar-refractivity contribution in [2.24, 2.45) is 5.73 Å². The monoisotopic (exact) mass is 381 g/mol. The minimum atomic E-state index is -0.488. The van der Waals surface area contributed by atoms with Gasteiger partial charge in [0, 0.05) is 18.3 Å². The Balaban J connectivity index is 1.65. The van der Waals surface area contributed by atoms with Gasteiger partial charge >= 0.3 is 0 Å². The Morgan fingerprint density at radius 3 is 2.75 bits per heavy atom. The van der Waals surface area contributed by atoms with Gasteiger partial charge in [-0.3, -0.25) is 9.69 Å². The van der Waals surface area contributed by atoms with Gasteiger partial charge in [-0.05, 0) is 61.7 Å². The van der Waals surface area contributed by atoms with E-state index in [1.165, 1.54) is 56.0 Å². The molecular formula is C23H31N3O2. The van der Waals surface area contributed by atoms with E-state index in [4.69, 9.17) is 10.5 Å². The second-order valence-corrected chi connectivity index (χ2v) is 7.46. The zero-order chi connectivity index (χ0) is 19.9. The van der Waals surface area contributed by atoms with E-state index in [1.807, 2.05) is 6.07 Å². The molecule has 1 heterocycles. The molecule has 150 valence electrons. The fourth-order valence-corrected chi connectivity index (χ4v) is 4.00. The molecule has 3 rings (SSSR count). The number of aryl methyl sites for hydroxylation is 1. The first kappa shape index (κ1) is 20.3. The van der Waals surface area contributed by atoms with Crippen molar-refractivity contribution >= 4 is 5.91 Å². The smallest absolute Gasteiger partial charge is 0.250 e. The maximum absolute atomic E-state index is 11.1. The van der Waals surface area contributed by atoms with Crippen molar-refractivity contribution in [1.82, 2.24) is 9.88 Å². The number of hydrogen-bond donors (Lipinski definition) is 1. The summed E-state index contributed by atoms with van der Waals surface area (Å²) < 4.78 is 5.88. The third-order valence-electron chi connectivity index (χ3n) is 5.55. The average Bonchev–Trinajstić information content (AvgIpc) is 3.11. The van der Waals surface area contributed by atoms with Crippen LogP contribution in [0.15, 0.2) is 36.5 Å². The van der Waals surface area contributed by atoms with Gasteiger partial charge in [0.25, 0.3) is 0 Å². The molecule has 28 heavy (non-hydrogen) atoms. The molecule has 1 atom stereocenters. The van der Waals surface area contributed by atoms with Gasteiger partial charge in [0.1, 0.15) is 5.75 Å². The zero-order valence-electron chi connectivity index (χ0n) is 17.0. The summed E-state index contributed by atoms with van der Waals surface area (Å²) in [6.07, 6.45) is 8.90. The number of hydrogen-bond acceptors (Lipinski definition) is 4. The average molecular weight is 382 g/mol. The van der Waals surface area contributed by atoms with Crippen LogP contribution in [0, 0.1) is 0 Å². The molecule has 1 unspecified atom stereocenters. The summed E-state index contributed by atoms with van der Waals surface area (Å²) in [6.45, 7) is 6.78. The molecule has 0 radical (unpaired) electrons. The van der Waals surface area contributed by atoms with Gasteiger partial charge in [-0.2, -0.15) is 0 Å². The Morgan fingerprint density at radius 2 is 2.07 bits per heavy atom. The van der Waals surface area contributed by atoms with E-state index in [1.54, 1.807) is 12.1 Å². The molecule has 5 nitrogen and oxygen atoms in total. The number of carbonyl (C=O) groups is 1. The van der Waals surface area contributed by atoms with Crippen molar-refractivity contribution in [3.63, 3.8) is 0 Å². The van der Waals surface area contributed by atoms with E-state index in [0.29, 0.717) is 17.5 Å². The van der Waals surface area contributed by atoms with Crippen molar-refractivity contribution in [2.75, 3.05) is 13.1 Å². The fourth-order valence-electron chi connectivity index (χ4n) is 4.00. The number of aromatic nitrogens is 1. The maximum Gasteiger partial charge on any atom is 0.250 e. The lowest BCUT2D eigenvalue weighted by molar-refractivity contribution is 0.1000. The van der Waals surface area contributed by atoms with Gasteiger partial charge in [0.2, 0.25) is 11.8 Å². The van der Waals surface area contributed by atoms with E-state index in [2.05, 4.69) is 35.9 Å². The molecule has 0 spiro atoms. The molecule has 1 aliphatic rings.